The van der Waals surface area contributed by atoms with Crippen molar-refractivity contribution in [2.24, 2.45) is 0 Å². The highest BCUT2D eigenvalue weighted by atomic mass is 32.2. The second-order valence-electron chi connectivity index (χ2n) is 9.70. The van der Waals surface area contributed by atoms with Crippen molar-refractivity contribution in [3.8, 4) is 28.7 Å². The maximum Gasteiger partial charge on any atom is 0.257 e. The Balaban J connectivity index is 1.40. The summed E-state index contributed by atoms with van der Waals surface area (Å²) in [7, 11) is 2.26. The highest BCUT2D eigenvalue weighted by Gasteiger charge is 2.32. The Bertz CT molecular complexity index is 1570. The van der Waals surface area contributed by atoms with Crippen LogP contribution in [0, 0.1) is 0 Å². The largest absolute Gasteiger partial charge is 0.507 e. The van der Waals surface area contributed by atoms with E-state index in [9.17, 15) is 18.3 Å². The van der Waals surface area contributed by atoms with Crippen molar-refractivity contribution in [2.45, 2.75) is 30.8 Å². The molecule has 2 aliphatic heterocycles. The fourth-order valence-corrected chi connectivity index (χ4v) is 6.73. The number of ether oxygens (including phenoxy) is 4. The Morgan fingerprint density at radius 3 is 1.77 bits per heavy atom. The molecule has 0 bridgehead atoms. The molecule has 3 aromatic rings. The molecule has 0 aliphatic carbocycles. The van der Waals surface area contributed by atoms with E-state index < -0.39 is 15.9 Å². The van der Waals surface area contributed by atoms with Crippen LogP contribution < -0.4 is 18.9 Å². The number of nitrogens with zero attached hydrogens (tertiary/aromatic N) is 2. The van der Waals surface area contributed by atoms with E-state index in [1.165, 1.54) is 29.6 Å². The topological polar surface area (TPSA) is 115 Å². The normalized spacial score (nSPS) is 15.2. The number of amides is 1. The zero-order valence-electron chi connectivity index (χ0n) is 22.9. The summed E-state index contributed by atoms with van der Waals surface area (Å²) in [5, 5.41) is 10.6. The first-order valence-electron chi connectivity index (χ1n) is 12.8. The number of aromatic hydroxyl groups is 1. The van der Waals surface area contributed by atoms with Gasteiger partial charge in [-0.1, -0.05) is 0 Å². The fourth-order valence-electron chi connectivity index (χ4n) is 5.29. The number of fused-ring (bicyclic) bond motifs is 2. The van der Waals surface area contributed by atoms with Crippen LogP contribution in [0.5, 0.6) is 28.7 Å². The van der Waals surface area contributed by atoms with Gasteiger partial charge in [0, 0.05) is 26.2 Å². The Morgan fingerprint density at radius 1 is 0.725 bits per heavy atom. The molecule has 3 aromatic carbocycles. The van der Waals surface area contributed by atoms with Gasteiger partial charge in [-0.25, -0.2) is 8.42 Å². The summed E-state index contributed by atoms with van der Waals surface area (Å²) in [5.41, 5.74) is 3.70. The lowest BCUT2D eigenvalue weighted by Crippen LogP contribution is -2.37. The van der Waals surface area contributed by atoms with E-state index in [1.54, 1.807) is 32.3 Å². The lowest BCUT2D eigenvalue weighted by atomic mass is 9.98. The Morgan fingerprint density at radius 2 is 1.23 bits per heavy atom. The molecular formula is C29H32N2O8S. The fraction of sp³-hybridized carbons (Fsp3) is 0.345. The summed E-state index contributed by atoms with van der Waals surface area (Å²) in [6.07, 6.45) is 1.09. The summed E-state index contributed by atoms with van der Waals surface area (Å²) in [4.78, 5) is 15.1. The van der Waals surface area contributed by atoms with E-state index in [1.807, 2.05) is 18.2 Å². The van der Waals surface area contributed by atoms with Crippen molar-refractivity contribution in [3.05, 3.63) is 70.3 Å². The maximum absolute atomic E-state index is 13.7. The van der Waals surface area contributed by atoms with Crippen molar-refractivity contribution in [3.63, 3.8) is 0 Å². The molecule has 212 valence electrons. The Kier molecular flexibility index (Phi) is 7.52. The molecule has 2 aliphatic rings. The quantitative estimate of drug-likeness (QED) is 0.462. The molecule has 0 radical (unpaired) electrons. The number of hydrogen-bond donors (Lipinski definition) is 1. The van der Waals surface area contributed by atoms with E-state index >= 15 is 0 Å². The van der Waals surface area contributed by atoms with Crippen LogP contribution in [0.3, 0.4) is 0 Å². The molecule has 5 rings (SSSR count). The number of phenols is 1. The molecule has 0 aromatic heterocycles. The van der Waals surface area contributed by atoms with Gasteiger partial charge in [0.25, 0.3) is 5.91 Å². The predicted octanol–water partition coefficient (Wildman–Crippen LogP) is 3.37. The summed E-state index contributed by atoms with van der Waals surface area (Å²) >= 11 is 0. The van der Waals surface area contributed by atoms with Crippen molar-refractivity contribution in [1.29, 1.82) is 0 Å². The summed E-state index contributed by atoms with van der Waals surface area (Å²) in [6.45, 7) is 1.12. The standard InChI is InChI=1S/C29H32N2O8S/c1-36-25-11-18-7-9-30(16-20(18)13-27(25)38-3)29(33)23-15-22(5-6-24(23)32)40(34,35)31-10-8-19-12-26(37-2)28(39-4)14-21(19)17-31/h5-6,11-15,32H,7-10,16-17H2,1-4H3. The van der Waals surface area contributed by atoms with Crippen LogP contribution in [0.2, 0.25) is 0 Å². The van der Waals surface area contributed by atoms with Crippen molar-refractivity contribution >= 4 is 15.9 Å². The van der Waals surface area contributed by atoms with Crippen molar-refractivity contribution in [2.75, 3.05) is 41.5 Å². The van der Waals surface area contributed by atoms with Crippen molar-refractivity contribution in [1.82, 2.24) is 9.21 Å². The van der Waals surface area contributed by atoms with Crippen LogP contribution >= 0.6 is 0 Å². The SMILES string of the molecule is COc1cc2c(cc1OC)CN(C(=O)c1cc(S(=O)(=O)N3CCc4cc(OC)c(OC)cc4C3)ccc1O)CC2. The molecule has 11 heteroatoms. The number of benzene rings is 3. The zero-order valence-corrected chi connectivity index (χ0v) is 23.7. The minimum absolute atomic E-state index is 0.0543. The van der Waals surface area contributed by atoms with Gasteiger partial charge >= 0.3 is 0 Å². The third-order valence-electron chi connectivity index (χ3n) is 7.52. The number of methoxy groups -OCH3 is 4. The number of rotatable bonds is 7. The minimum atomic E-state index is -3.96. The summed E-state index contributed by atoms with van der Waals surface area (Å²) in [6, 6.07) is 11.3. The molecule has 0 saturated heterocycles. The van der Waals surface area contributed by atoms with E-state index in [4.69, 9.17) is 18.9 Å². The van der Waals surface area contributed by atoms with Gasteiger partial charge in [0.1, 0.15) is 5.75 Å². The van der Waals surface area contributed by atoms with Crippen molar-refractivity contribution < 1.29 is 37.3 Å². The van der Waals surface area contributed by atoms with Gasteiger partial charge in [-0.3, -0.25) is 4.79 Å². The molecule has 0 fully saturated rings. The molecule has 40 heavy (non-hydrogen) atoms. The van der Waals surface area contributed by atoms with Gasteiger partial charge in [-0.05, 0) is 77.6 Å². The van der Waals surface area contributed by atoms with Gasteiger partial charge in [0.15, 0.2) is 23.0 Å². The molecule has 1 amide bonds. The van der Waals surface area contributed by atoms with E-state index in [0.29, 0.717) is 48.9 Å². The van der Waals surface area contributed by atoms with Gasteiger partial charge in [0.2, 0.25) is 10.0 Å². The van der Waals surface area contributed by atoms with Gasteiger partial charge in [-0.15, -0.1) is 0 Å². The molecule has 2 heterocycles. The molecule has 1 N–H and O–H groups in total. The Labute approximate surface area is 233 Å². The second-order valence-corrected chi connectivity index (χ2v) is 11.6. The van der Waals surface area contributed by atoms with Crippen LogP contribution in [0.1, 0.15) is 32.6 Å². The van der Waals surface area contributed by atoms with Crippen LogP contribution in [-0.4, -0.2) is 70.2 Å². The molecule has 0 unspecified atom stereocenters. The smallest absolute Gasteiger partial charge is 0.257 e. The predicted molar refractivity (Wildman–Crippen MR) is 147 cm³/mol. The van der Waals surface area contributed by atoms with Gasteiger partial charge in [-0.2, -0.15) is 4.31 Å². The molecule has 0 saturated carbocycles. The number of sulfonamides is 1. The minimum Gasteiger partial charge on any atom is -0.507 e. The molecule has 10 nitrogen and oxygen atoms in total. The van der Waals surface area contributed by atoms with Crippen LogP contribution in [0.15, 0.2) is 47.4 Å². The monoisotopic (exact) mass is 568 g/mol. The van der Waals surface area contributed by atoms with Crippen LogP contribution in [0.25, 0.3) is 0 Å². The number of carbonyl (C=O) groups excluding carboxylic acids is 1. The highest BCUT2D eigenvalue weighted by Crippen LogP contribution is 2.36. The Hall–Kier alpha value is -3.96. The third-order valence-corrected chi connectivity index (χ3v) is 9.37. The number of phenolic OH excluding ortho intramolecular Hbond substituents is 1. The van der Waals surface area contributed by atoms with E-state index in [2.05, 4.69) is 0 Å². The average molecular weight is 569 g/mol. The zero-order chi connectivity index (χ0) is 28.6. The van der Waals surface area contributed by atoms with Gasteiger partial charge < -0.3 is 29.0 Å². The second kappa shape index (κ2) is 10.9. The summed E-state index contributed by atoms with van der Waals surface area (Å²) in [5.74, 6) is 1.58. The average Bonchev–Trinajstić information content (AvgIpc) is 2.98. The number of carbonyl (C=O) groups is 1. The first-order valence-corrected chi connectivity index (χ1v) is 14.2. The molecule has 0 atom stereocenters. The highest BCUT2D eigenvalue weighted by molar-refractivity contribution is 7.89. The van der Waals surface area contributed by atoms with Gasteiger partial charge in [0.05, 0.1) is 38.9 Å². The van der Waals surface area contributed by atoms with E-state index in [0.717, 1.165) is 22.3 Å². The molecule has 0 spiro atoms. The maximum atomic E-state index is 13.7. The molecular weight excluding hydrogens is 536 g/mol. The summed E-state index contributed by atoms with van der Waals surface area (Å²) < 4.78 is 50.3. The van der Waals surface area contributed by atoms with E-state index in [-0.39, 0.29) is 29.3 Å². The lowest BCUT2D eigenvalue weighted by molar-refractivity contribution is 0.0731. The first-order chi connectivity index (χ1) is 19.2. The third kappa shape index (κ3) is 4.90. The first kappa shape index (κ1) is 27.6. The van der Waals surface area contributed by atoms with Crippen LogP contribution in [0.4, 0.5) is 0 Å². The van der Waals surface area contributed by atoms with Crippen LogP contribution in [-0.2, 0) is 36.0 Å². The lowest BCUT2D eigenvalue weighted by Gasteiger charge is -2.30. The number of hydrogen-bond acceptors (Lipinski definition) is 8.